The van der Waals surface area contributed by atoms with Crippen molar-refractivity contribution in [3.63, 3.8) is 0 Å². The van der Waals surface area contributed by atoms with Gasteiger partial charge in [0, 0.05) is 42.2 Å². The SMILES string of the molecule is CC(C)CN(CC(=O)N(Cc1cccn1C)C1CC1)C(=O)Nc1ccc(Cl)cc1. The number of anilines is 1. The van der Waals surface area contributed by atoms with Crippen molar-refractivity contribution in [3.8, 4) is 0 Å². The van der Waals surface area contributed by atoms with Crippen LogP contribution in [0.4, 0.5) is 10.5 Å². The Hall–Kier alpha value is -2.47. The maximum absolute atomic E-state index is 13.1. The molecule has 0 saturated heterocycles. The number of nitrogens with one attached hydrogen (secondary N) is 1. The van der Waals surface area contributed by atoms with E-state index in [1.807, 2.05) is 48.7 Å². The van der Waals surface area contributed by atoms with Crippen molar-refractivity contribution in [1.29, 1.82) is 0 Å². The van der Waals surface area contributed by atoms with E-state index in [0.29, 0.717) is 23.8 Å². The highest BCUT2D eigenvalue weighted by atomic mass is 35.5. The van der Waals surface area contributed by atoms with Crippen LogP contribution < -0.4 is 5.32 Å². The van der Waals surface area contributed by atoms with Gasteiger partial charge >= 0.3 is 6.03 Å². The van der Waals surface area contributed by atoms with Gasteiger partial charge in [-0.1, -0.05) is 25.4 Å². The minimum Gasteiger partial charge on any atom is -0.353 e. The summed E-state index contributed by atoms with van der Waals surface area (Å²) < 4.78 is 2.03. The summed E-state index contributed by atoms with van der Waals surface area (Å²) in [6, 6.07) is 11.0. The summed E-state index contributed by atoms with van der Waals surface area (Å²) >= 11 is 5.91. The molecular weight excluding hydrogens is 388 g/mol. The van der Waals surface area contributed by atoms with Gasteiger partial charge in [0.05, 0.1) is 6.54 Å². The molecular formula is C22H29ClN4O2. The lowest BCUT2D eigenvalue weighted by molar-refractivity contribution is -0.133. The van der Waals surface area contributed by atoms with Gasteiger partial charge in [0.25, 0.3) is 0 Å². The van der Waals surface area contributed by atoms with E-state index in [4.69, 9.17) is 11.6 Å². The first-order valence-corrected chi connectivity index (χ1v) is 10.4. The second-order valence-electron chi connectivity index (χ2n) is 8.07. The first kappa shape index (κ1) is 21.2. The van der Waals surface area contributed by atoms with Crippen molar-refractivity contribution in [2.45, 2.75) is 39.3 Å². The lowest BCUT2D eigenvalue weighted by Crippen LogP contribution is -2.46. The molecule has 1 aromatic heterocycles. The van der Waals surface area contributed by atoms with Gasteiger partial charge in [-0.3, -0.25) is 4.79 Å². The molecule has 3 amide bonds. The van der Waals surface area contributed by atoms with E-state index < -0.39 is 0 Å². The van der Waals surface area contributed by atoms with Crippen molar-refractivity contribution in [3.05, 3.63) is 53.3 Å². The molecule has 1 saturated carbocycles. The second-order valence-corrected chi connectivity index (χ2v) is 8.51. The quantitative estimate of drug-likeness (QED) is 0.695. The van der Waals surface area contributed by atoms with Crippen LogP contribution in [-0.2, 0) is 18.4 Å². The van der Waals surface area contributed by atoms with Gasteiger partial charge in [-0.25, -0.2) is 4.79 Å². The van der Waals surface area contributed by atoms with Crippen LogP contribution in [0.25, 0.3) is 0 Å². The highest BCUT2D eigenvalue weighted by molar-refractivity contribution is 6.30. The zero-order chi connectivity index (χ0) is 21.0. The number of halogens is 1. The summed E-state index contributed by atoms with van der Waals surface area (Å²) in [5.74, 6) is 0.238. The van der Waals surface area contributed by atoms with E-state index in [-0.39, 0.29) is 30.4 Å². The molecule has 0 atom stereocenters. The van der Waals surface area contributed by atoms with Gasteiger partial charge in [-0.15, -0.1) is 0 Å². The number of benzene rings is 1. The van der Waals surface area contributed by atoms with Crippen molar-refractivity contribution in [1.82, 2.24) is 14.4 Å². The van der Waals surface area contributed by atoms with Crippen LogP contribution in [0.3, 0.4) is 0 Å². The van der Waals surface area contributed by atoms with Crippen molar-refractivity contribution < 1.29 is 9.59 Å². The fourth-order valence-electron chi connectivity index (χ4n) is 3.29. The number of hydrogen-bond acceptors (Lipinski definition) is 2. The van der Waals surface area contributed by atoms with Crippen LogP contribution in [0.2, 0.25) is 5.02 Å². The maximum Gasteiger partial charge on any atom is 0.322 e. The average molecular weight is 417 g/mol. The third-order valence-corrected chi connectivity index (χ3v) is 5.24. The number of rotatable bonds is 8. The predicted octanol–water partition coefficient (Wildman–Crippen LogP) is 4.36. The third kappa shape index (κ3) is 6.00. The van der Waals surface area contributed by atoms with Gasteiger partial charge in [0.2, 0.25) is 5.91 Å². The molecule has 6 nitrogen and oxygen atoms in total. The largest absolute Gasteiger partial charge is 0.353 e. The summed E-state index contributed by atoms with van der Waals surface area (Å²) in [4.78, 5) is 29.5. The number of carbonyl (C=O) groups is 2. The fourth-order valence-corrected chi connectivity index (χ4v) is 3.42. The molecule has 3 rings (SSSR count). The van der Waals surface area contributed by atoms with Gasteiger partial charge in [-0.05, 0) is 55.2 Å². The molecule has 156 valence electrons. The summed E-state index contributed by atoms with van der Waals surface area (Å²) in [5, 5.41) is 3.48. The molecule has 7 heteroatoms. The number of urea groups is 1. The lowest BCUT2D eigenvalue weighted by atomic mass is 10.2. The average Bonchev–Trinajstić information content (AvgIpc) is 3.42. The van der Waals surface area contributed by atoms with Gasteiger partial charge in [0.1, 0.15) is 6.54 Å². The predicted molar refractivity (Wildman–Crippen MR) is 116 cm³/mol. The standard InChI is InChI=1S/C22H29ClN4O2/c1-16(2)13-26(22(29)24-18-8-6-17(23)7-9-18)15-21(28)27(19-10-11-19)14-20-5-4-12-25(20)3/h4-9,12,16,19H,10-11,13-15H2,1-3H3,(H,24,29). The molecule has 1 heterocycles. The van der Waals surface area contributed by atoms with Crippen LogP contribution in [0.1, 0.15) is 32.4 Å². The molecule has 0 bridgehead atoms. The van der Waals surface area contributed by atoms with E-state index in [1.54, 1.807) is 29.2 Å². The van der Waals surface area contributed by atoms with E-state index in [1.165, 1.54) is 0 Å². The molecule has 1 aliphatic carbocycles. The van der Waals surface area contributed by atoms with Crippen LogP contribution in [0.5, 0.6) is 0 Å². The van der Waals surface area contributed by atoms with Crippen molar-refractivity contribution >= 4 is 29.2 Å². The normalized spacial score (nSPS) is 13.4. The first-order valence-electron chi connectivity index (χ1n) is 10.0. The zero-order valence-electron chi connectivity index (χ0n) is 17.3. The number of amides is 3. The van der Waals surface area contributed by atoms with Gasteiger partial charge < -0.3 is 19.7 Å². The molecule has 0 radical (unpaired) electrons. The molecule has 1 aromatic carbocycles. The number of aryl methyl sites for hydroxylation is 1. The minimum atomic E-state index is -0.274. The van der Waals surface area contributed by atoms with Crippen molar-refractivity contribution in [2.75, 3.05) is 18.4 Å². The van der Waals surface area contributed by atoms with Crippen LogP contribution >= 0.6 is 11.6 Å². The fraction of sp³-hybridized carbons (Fsp3) is 0.455. The van der Waals surface area contributed by atoms with E-state index in [0.717, 1.165) is 18.5 Å². The minimum absolute atomic E-state index is 0.0133. The molecule has 1 fully saturated rings. The first-order chi connectivity index (χ1) is 13.8. The molecule has 1 N–H and O–H groups in total. The molecule has 1 aliphatic rings. The van der Waals surface area contributed by atoms with Crippen LogP contribution in [0.15, 0.2) is 42.6 Å². The summed E-state index contributed by atoms with van der Waals surface area (Å²) in [5.41, 5.74) is 1.75. The Morgan fingerprint density at radius 2 is 1.90 bits per heavy atom. The van der Waals surface area contributed by atoms with E-state index >= 15 is 0 Å². The Morgan fingerprint density at radius 1 is 1.21 bits per heavy atom. The Kier molecular flexibility index (Phi) is 6.85. The van der Waals surface area contributed by atoms with E-state index in [2.05, 4.69) is 5.32 Å². The van der Waals surface area contributed by atoms with Crippen LogP contribution in [0, 0.1) is 5.92 Å². The zero-order valence-corrected chi connectivity index (χ0v) is 18.0. The summed E-state index contributed by atoms with van der Waals surface area (Å²) in [7, 11) is 1.98. The third-order valence-electron chi connectivity index (χ3n) is 4.99. The maximum atomic E-state index is 13.1. The number of aromatic nitrogens is 1. The van der Waals surface area contributed by atoms with Gasteiger partial charge in [-0.2, -0.15) is 0 Å². The monoisotopic (exact) mass is 416 g/mol. The molecule has 0 unspecified atom stereocenters. The lowest BCUT2D eigenvalue weighted by Gasteiger charge is -2.29. The molecule has 29 heavy (non-hydrogen) atoms. The number of nitrogens with zero attached hydrogens (tertiary/aromatic N) is 3. The second kappa shape index (κ2) is 9.35. The number of carbonyl (C=O) groups excluding carboxylic acids is 2. The van der Waals surface area contributed by atoms with E-state index in [9.17, 15) is 9.59 Å². The Bertz CT molecular complexity index is 843. The highest BCUT2D eigenvalue weighted by Crippen LogP contribution is 2.28. The van der Waals surface area contributed by atoms with Crippen LogP contribution in [-0.4, -0.2) is 45.4 Å². The summed E-state index contributed by atoms with van der Waals surface area (Å²) in [6.45, 7) is 5.22. The van der Waals surface area contributed by atoms with Gasteiger partial charge in [0.15, 0.2) is 0 Å². The van der Waals surface area contributed by atoms with Crippen molar-refractivity contribution in [2.24, 2.45) is 13.0 Å². The Balaban J connectivity index is 1.68. The summed E-state index contributed by atoms with van der Waals surface area (Å²) in [6.07, 6.45) is 4.03. The highest BCUT2D eigenvalue weighted by Gasteiger charge is 2.34. The molecule has 0 spiro atoms. The number of hydrogen-bond donors (Lipinski definition) is 1. The molecule has 0 aliphatic heterocycles. The Morgan fingerprint density at radius 3 is 2.45 bits per heavy atom. The molecule has 2 aromatic rings. The topological polar surface area (TPSA) is 57.6 Å². The Labute approximate surface area is 177 Å². The smallest absolute Gasteiger partial charge is 0.322 e.